The number of aromatic carboxylic acids is 1. The number of carboxylic acids is 1. The fourth-order valence-electron chi connectivity index (χ4n) is 5.30. The number of hydrogen-bond acceptors (Lipinski definition) is 4. The fourth-order valence-corrected chi connectivity index (χ4v) is 5.30. The number of carboxylic acid groups (broad SMARTS) is 1. The molecule has 2 amide bonds. The van der Waals surface area contributed by atoms with Crippen molar-refractivity contribution in [3.63, 3.8) is 0 Å². The van der Waals surface area contributed by atoms with Gasteiger partial charge in [0.25, 0.3) is 0 Å². The number of halogens is 1. The van der Waals surface area contributed by atoms with Crippen LogP contribution in [0.5, 0.6) is 0 Å². The summed E-state index contributed by atoms with van der Waals surface area (Å²) in [6, 6.07) is 16.4. The van der Waals surface area contributed by atoms with Crippen LogP contribution in [0.25, 0.3) is 11.1 Å². The van der Waals surface area contributed by atoms with E-state index >= 15 is 0 Å². The Labute approximate surface area is 241 Å². The molecule has 0 heterocycles. The van der Waals surface area contributed by atoms with Gasteiger partial charge in [0.05, 0.1) is 22.5 Å². The molecule has 0 unspecified atom stereocenters. The Morgan fingerprint density at radius 3 is 2.37 bits per heavy atom. The van der Waals surface area contributed by atoms with Gasteiger partial charge in [-0.05, 0) is 93.6 Å². The second-order valence-electron chi connectivity index (χ2n) is 11.4. The minimum atomic E-state index is -1.15. The normalized spacial score (nSPS) is 14.0. The van der Waals surface area contributed by atoms with E-state index < -0.39 is 17.8 Å². The summed E-state index contributed by atoms with van der Waals surface area (Å²) in [5.74, 6) is -1.69. The average Bonchev–Trinajstić information content (AvgIpc) is 2.95. The summed E-state index contributed by atoms with van der Waals surface area (Å²) in [5, 5.41) is 15.7. The third-order valence-corrected chi connectivity index (χ3v) is 7.91. The summed E-state index contributed by atoms with van der Waals surface area (Å²) in [5.41, 5.74) is 3.48. The first-order chi connectivity index (χ1) is 19.6. The number of rotatable bonds is 10. The van der Waals surface area contributed by atoms with Crippen LogP contribution in [-0.4, -0.2) is 42.4 Å². The molecule has 8 heteroatoms. The lowest BCUT2D eigenvalue weighted by atomic mass is 9.92. The SMILES string of the molecule is COC(C)(C)CCN(c1ccc(-c2cc(F)ccc2C(=O)O)cc1NC(=O)Nc1ccc(C)cc1)C1CCCCC1. The zero-order chi connectivity index (χ0) is 29.6. The number of carbonyl (C=O) groups is 2. The van der Waals surface area contributed by atoms with Crippen LogP contribution >= 0.6 is 0 Å². The van der Waals surface area contributed by atoms with Crippen molar-refractivity contribution in [1.82, 2.24) is 0 Å². The Hall–Kier alpha value is -3.91. The van der Waals surface area contributed by atoms with E-state index in [2.05, 4.69) is 29.4 Å². The molecule has 0 atom stereocenters. The van der Waals surface area contributed by atoms with Gasteiger partial charge in [0.1, 0.15) is 5.82 Å². The van der Waals surface area contributed by atoms with Crippen molar-refractivity contribution in [1.29, 1.82) is 0 Å². The number of methoxy groups -OCH3 is 1. The quantitative estimate of drug-likeness (QED) is 0.233. The number of hydrogen-bond donors (Lipinski definition) is 3. The Balaban J connectivity index is 1.77. The predicted octanol–water partition coefficient (Wildman–Crippen LogP) is 8.10. The number of urea groups is 1. The van der Waals surface area contributed by atoms with Crippen molar-refractivity contribution in [2.45, 2.75) is 70.9 Å². The molecule has 3 N–H and O–H groups in total. The van der Waals surface area contributed by atoms with Gasteiger partial charge in [-0.2, -0.15) is 0 Å². The van der Waals surface area contributed by atoms with E-state index in [0.29, 0.717) is 23.5 Å². The van der Waals surface area contributed by atoms with Crippen molar-refractivity contribution < 1.29 is 23.8 Å². The molecule has 1 saturated carbocycles. The molecule has 0 spiro atoms. The number of nitrogens with zero attached hydrogens (tertiary/aromatic N) is 1. The fraction of sp³-hybridized carbons (Fsp3) is 0.394. The van der Waals surface area contributed by atoms with E-state index in [1.54, 1.807) is 19.2 Å². The largest absolute Gasteiger partial charge is 0.478 e. The molecule has 1 fully saturated rings. The monoisotopic (exact) mass is 561 g/mol. The van der Waals surface area contributed by atoms with Crippen LogP contribution < -0.4 is 15.5 Å². The second-order valence-corrected chi connectivity index (χ2v) is 11.4. The molecule has 1 aliphatic carbocycles. The molecule has 218 valence electrons. The molecule has 3 aromatic rings. The number of ether oxygens (including phenoxy) is 1. The number of benzene rings is 3. The highest BCUT2D eigenvalue weighted by molar-refractivity contribution is 6.03. The van der Waals surface area contributed by atoms with Crippen molar-refractivity contribution in [3.05, 3.63) is 77.6 Å². The molecule has 0 radical (unpaired) electrons. The number of amides is 2. The first-order valence-corrected chi connectivity index (χ1v) is 14.2. The van der Waals surface area contributed by atoms with Gasteiger partial charge in [-0.25, -0.2) is 14.0 Å². The zero-order valence-electron chi connectivity index (χ0n) is 24.3. The number of anilines is 3. The van der Waals surface area contributed by atoms with Crippen LogP contribution in [0.3, 0.4) is 0 Å². The average molecular weight is 562 g/mol. The number of aryl methyl sites for hydroxylation is 1. The molecule has 3 aromatic carbocycles. The Morgan fingerprint density at radius 1 is 1.00 bits per heavy atom. The summed E-state index contributed by atoms with van der Waals surface area (Å²) >= 11 is 0. The zero-order valence-corrected chi connectivity index (χ0v) is 24.3. The van der Waals surface area contributed by atoms with Gasteiger partial charge in [0, 0.05) is 25.4 Å². The standard InChI is InChI=1S/C33H40FN3O4/c1-22-10-14-25(15-11-22)35-32(40)36-29-20-23(28-21-24(34)13-16-27(28)31(38)39)12-17-30(29)37(19-18-33(2,3)41-4)26-8-6-5-7-9-26/h10-17,20-21,26H,5-9,18-19H2,1-4H3,(H,38,39)(H2,35,36,40). The van der Waals surface area contributed by atoms with E-state index in [1.807, 2.05) is 37.3 Å². The van der Waals surface area contributed by atoms with E-state index in [9.17, 15) is 19.1 Å². The van der Waals surface area contributed by atoms with Gasteiger partial charge in [0.15, 0.2) is 0 Å². The molecule has 0 saturated heterocycles. The van der Waals surface area contributed by atoms with Gasteiger partial charge in [-0.1, -0.05) is 43.0 Å². The molecule has 0 aromatic heterocycles. The van der Waals surface area contributed by atoms with Gasteiger partial charge in [-0.15, -0.1) is 0 Å². The van der Waals surface area contributed by atoms with E-state index in [0.717, 1.165) is 49.4 Å². The van der Waals surface area contributed by atoms with Gasteiger partial charge >= 0.3 is 12.0 Å². The third kappa shape index (κ3) is 7.85. The molecular weight excluding hydrogens is 521 g/mol. The Morgan fingerprint density at radius 2 is 1.71 bits per heavy atom. The smallest absolute Gasteiger partial charge is 0.336 e. The molecule has 41 heavy (non-hydrogen) atoms. The van der Waals surface area contributed by atoms with Crippen LogP contribution in [0.15, 0.2) is 60.7 Å². The first kappa shape index (κ1) is 30.1. The lowest BCUT2D eigenvalue weighted by molar-refractivity contribution is 0.0167. The Kier molecular flexibility index (Phi) is 9.65. The molecule has 7 nitrogen and oxygen atoms in total. The van der Waals surface area contributed by atoms with E-state index in [-0.39, 0.29) is 22.8 Å². The first-order valence-electron chi connectivity index (χ1n) is 14.2. The van der Waals surface area contributed by atoms with Crippen molar-refractivity contribution in [2.24, 2.45) is 0 Å². The van der Waals surface area contributed by atoms with Crippen LogP contribution in [0.2, 0.25) is 0 Å². The van der Waals surface area contributed by atoms with Crippen molar-refractivity contribution in [2.75, 3.05) is 29.2 Å². The lowest BCUT2D eigenvalue weighted by Crippen LogP contribution is -2.41. The van der Waals surface area contributed by atoms with E-state index in [4.69, 9.17) is 4.74 Å². The predicted molar refractivity (Wildman–Crippen MR) is 163 cm³/mol. The Bertz CT molecular complexity index is 1370. The van der Waals surface area contributed by atoms with Crippen molar-refractivity contribution >= 4 is 29.1 Å². The highest BCUT2D eigenvalue weighted by Crippen LogP contribution is 2.37. The van der Waals surface area contributed by atoms with Crippen molar-refractivity contribution in [3.8, 4) is 11.1 Å². The number of carbonyl (C=O) groups excluding carboxylic acids is 1. The maximum absolute atomic E-state index is 14.3. The highest BCUT2D eigenvalue weighted by atomic mass is 19.1. The maximum atomic E-state index is 14.3. The maximum Gasteiger partial charge on any atom is 0.336 e. The van der Waals surface area contributed by atoms with Crippen LogP contribution in [0.4, 0.5) is 26.2 Å². The highest BCUT2D eigenvalue weighted by Gasteiger charge is 2.27. The molecule has 1 aliphatic rings. The van der Waals surface area contributed by atoms with Gasteiger partial charge in [0.2, 0.25) is 0 Å². The summed E-state index contributed by atoms with van der Waals surface area (Å²) < 4.78 is 20.0. The van der Waals surface area contributed by atoms with Gasteiger partial charge < -0.3 is 25.4 Å². The summed E-state index contributed by atoms with van der Waals surface area (Å²) in [6.07, 6.45) is 6.32. The lowest BCUT2D eigenvalue weighted by Gasteiger charge is -2.39. The minimum Gasteiger partial charge on any atom is -0.478 e. The minimum absolute atomic E-state index is 0.0137. The van der Waals surface area contributed by atoms with Gasteiger partial charge in [-0.3, -0.25) is 0 Å². The van der Waals surface area contributed by atoms with Crippen LogP contribution in [0, 0.1) is 12.7 Å². The van der Waals surface area contributed by atoms with Crippen LogP contribution in [0.1, 0.15) is 68.3 Å². The van der Waals surface area contributed by atoms with Crippen LogP contribution in [-0.2, 0) is 4.74 Å². The molecular formula is C33H40FN3O4. The second kappa shape index (κ2) is 13.2. The summed E-state index contributed by atoms with van der Waals surface area (Å²) in [4.78, 5) is 27.5. The van der Waals surface area contributed by atoms with E-state index in [1.165, 1.54) is 18.6 Å². The molecule has 0 bridgehead atoms. The summed E-state index contributed by atoms with van der Waals surface area (Å²) in [7, 11) is 1.71. The number of nitrogens with one attached hydrogen (secondary N) is 2. The topological polar surface area (TPSA) is 90.9 Å². The molecule has 0 aliphatic heterocycles. The third-order valence-electron chi connectivity index (χ3n) is 7.91. The molecule has 4 rings (SSSR count). The summed E-state index contributed by atoms with van der Waals surface area (Å²) in [6.45, 7) is 6.80.